The first kappa shape index (κ1) is 23.9. The van der Waals surface area contributed by atoms with Crippen molar-refractivity contribution in [3.63, 3.8) is 0 Å². The highest BCUT2D eigenvalue weighted by Gasteiger charge is 2.51. The first-order valence-electron chi connectivity index (χ1n) is 9.23. The summed E-state index contributed by atoms with van der Waals surface area (Å²) < 4.78 is 63.1. The minimum Gasteiger partial charge on any atom is -0.376 e. The lowest BCUT2D eigenvalue weighted by atomic mass is 9.95. The van der Waals surface area contributed by atoms with Gasteiger partial charge in [-0.15, -0.1) is 0 Å². The molecule has 2 aromatic carbocycles. The van der Waals surface area contributed by atoms with Gasteiger partial charge < -0.3 is 10.4 Å². The van der Waals surface area contributed by atoms with Crippen molar-refractivity contribution in [2.75, 3.05) is 11.1 Å². The highest BCUT2D eigenvalue weighted by Crippen LogP contribution is 2.38. The number of sulfone groups is 1. The Kier molecular flexibility index (Phi) is 6.98. The number of benzene rings is 2. The first-order chi connectivity index (χ1) is 13.7. The van der Waals surface area contributed by atoms with Crippen molar-refractivity contribution >= 4 is 21.4 Å². The van der Waals surface area contributed by atoms with Gasteiger partial charge in [-0.05, 0) is 48.2 Å². The third-order valence-corrected chi connectivity index (χ3v) is 6.58. The van der Waals surface area contributed by atoms with Crippen LogP contribution in [0.15, 0.2) is 53.4 Å². The highest BCUT2D eigenvalue weighted by atomic mass is 32.2. The fourth-order valence-corrected chi connectivity index (χ4v) is 4.40. The molecule has 164 valence electrons. The number of carbonyl (C=O) groups excluding carboxylic acids is 1. The van der Waals surface area contributed by atoms with Crippen LogP contribution in [0.4, 0.5) is 18.9 Å². The maximum atomic E-state index is 12.9. The number of anilines is 1. The molecule has 0 aliphatic carbocycles. The summed E-state index contributed by atoms with van der Waals surface area (Å²) in [6.45, 7) is 4.28. The monoisotopic (exact) mass is 443 g/mol. The molecule has 0 radical (unpaired) electrons. The zero-order valence-corrected chi connectivity index (χ0v) is 17.6. The van der Waals surface area contributed by atoms with Gasteiger partial charge in [-0.25, -0.2) is 8.42 Å². The molecule has 0 spiro atoms. The third-order valence-electron chi connectivity index (χ3n) is 4.48. The molecule has 0 fully saturated rings. The number of halogens is 3. The van der Waals surface area contributed by atoms with Gasteiger partial charge in [0.25, 0.3) is 0 Å². The van der Waals surface area contributed by atoms with Gasteiger partial charge in [0.05, 0.1) is 17.1 Å². The number of amides is 1. The summed E-state index contributed by atoms with van der Waals surface area (Å²) in [4.78, 5) is 12.4. The van der Waals surface area contributed by atoms with Crippen LogP contribution in [0.1, 0.15) is 31.9 Å². The standard InChI is InChI=1S/C21H24F3NO4S/c1-14(2)13-30(28,29)18-10-4-15(5-11-18)12-19(26)25-17-8-6-16(7-9-17)20(3,27)21(22,23)24/h4-11,14,27H,12-13H2,1-3H3,(H,25,26). The quantitative estimate of drug-likeness (QED) is 0.676. The van der Waals surface area contributed by atoms with E-state index in [1.54, 1.807) is 12.1 Å². The smallest absolute Gasteiger partial charge is 0.376 e. The summed E-state index contributed by atoms with van der Waals surface area (Å²) in [5, 5.41) is 12.2. The molecule has 1 atom stereocenters. The normalized spacial score (nSPS) is 14.4. The van der Waals surface area contributed by atoms with E-state index < -0.39 is 27.5 Å². The van der Waals surface area contributed by atoms with E-state index in [1.807, 2.05) is 13.8 Å². The lowest BCUT2D eigenvalue weighted by molar-refractivity contribution is -0.258. The van der Waals surface area contributed by atoms with E-state index >= 15 is 0 Å². The molecule has 0 saturated heterocycles. The van der Waals surface area contributed by atoms with Gasteiger partial charge in [0, 0.05) is 5.69 Å². The van der Waals surface area contributed by atoms with Crippen LogP contribution in [0.2, 0.25) is 0 Å². The average molecular weight is 443 g/mol. The molecule has 0 saturated carbocycles. The predicted octanol–water partition coefficient (Wildman–Crippen LogP) is 4.07. The fourth-order valence-electron chi connectivity index (χ4n) is 2.78. The topological polar surface area (TPSA) is 83.5 Å². The Hall–Kier alpha value is -2.39. The summed E-state index contributed by atoms with van der Waals surface area (Å²) in [7, 11) is -3.38. The Balaban J connectivity index is 2.03. The Morgan fingerprint density at radius 2 is 1.57 bits per heavy atom. The Morgan fingerprint density at radius 3 is 2.03 bits per heavy atom. The lowest BCUT2D eigenvalue weighted by Crippen LogP contribution is -2.39. The number of aliphatic hydroxyl groups is 1. The molecule has 1 unspecified atom stereocenters. The van der Waals surface area contributed by atoms with E-state index in [1.165, 1.54) is 24.3 Å². The van der Waals surface area contributed by atoms with Crippen LogP contribution in [0.25, 0.3) is 0 Å². The molecule has 0 bridgehead atoms. The van der Waals surface area contributed by atoms with E-state index in [9.17, 15) is 31.5 Å². The molecule has 30 heavy (non-hydrogen) atoms. The molecular formula is C21H24F3NO4S. The molecule has 2 N–H and O–H groups in total. The van der Waals surface area contributed by atoms with Gasteiger partial charge in [-0.1, -0.05) is 38.1 Å². The highest BCUT2D eigenvalue weighted by molar-refractivity contribution is 7.91. The van der Waals surface area contributed by atoms with Crippen molar-refractivity contribution in [2.24, 2.45) is 5.92 Å². The van der Waals surface area contributed by atoms with Gasteiger partial charge >= 0.3 is 6.18 Å². The predicted molar refractivity (Wildman–Crippen MR) is 108 cm³/mol. The summed E-state index contributed by atoms with van der Waals surface area (Å²) in [6.07, 6.45) is -4.86. The fraction of sp³-hybridized carbons (Fsp3) is 0.381. The number of carbonyl (C=O) groups is 1. The molecule has 9 heteroatoms. The molecule has 0 aliphatic heterocycles. The van der Waals surface area contributed by atoms with Crippen LogP contribution in [0.5, 0.6) is 0 Å². The summed E-state index contributed by atoms with van der Waals surface area (Å²) in [5.41, 5.74) is -2.47. The molecule has 0 aliphatic rings. The largest absolute Gasteiger partial charge is 0.421 e. The Labute approximate surface area is 173 Å². The average Bonchev–Trinajstić information content (AvgIpc) is 2.60. The van der Waals surface area contributed by atoms with Crippen LogP contribution in [0.3, 0.4) is 0 Å². The zero-order chi connectivity index (χ0) is 22.7. The number of nitrogens with one attached hydrogen (secondary N) is 1. The van der Waals surface area contributed by atoms with Gasteiger partial charge in [0.2, 0.25) is 5.91 Å². The van der Waals surface area contributed by atoms with Crippen molar-refractivity contribution in [2.45, 2.75) is 43.9 Å². The van der Waals surface area contributed by atoms with Crippen molar-refractivity contribution in [1.82, 2.24) is 0 Å². The van der Waals surface area contributed by atoms with E-state index in [-0.39, 0.29) is 34.2 Å². The zero-order valence-electron chi connectivity index (χ0n) is 16.8. The number of alkyl halides is 3. The van der Waals surface area contributed by atoms with Gasteiger partial charge in [0.15, 0.2) is 15.4 Å². The molecule has 0 aromatic heterocycles. The van der Waals surface area contributed by atoms with Crippen LogP contribution in [-0.2, 0) is 26.7 Å². The van der Waals surface area contributed by atoms with Gasteiger partial charge in [-0.3, -0.25) is 4.79 Å². The Morgan fingerprint density at radius 1 is 1.03 bits per heavy atom. The lowest BCUT2D eigenvalue weighted by Gasteiger charge is -2.26. The van der Waals surface area contributed by atoms with Gasteiger partial charge in [0.1, 0.15) is 0 Å². The number of rotatable bonds is 7. The van der Waals surface area contributed by atoms with E-state index in [4.69, 9.17) is 0 Å². The van der Waals surface area contributed by atoms with Crippen LogP contribution in [-0.4, -0.2) is 31.4 Å². The SMILES string of the molecule is CC(C)CS(=O)(=O)c1ccc(CC(=O)Nc2ccc(C(C)(O)C(F)(F)F)cc2)cc1. The first-order valence-corrected chi connectivity index (χ1v) is 10.9. The number of hydrogen-bond acceptors (Lipinski definition) is 4. The molecule has 5 nitrogen and oxygen atoms in total. The maximum absolute atomic E-state index is 12.9. The van der Waals surface area contributed by atoms with Crippen molar-refractivity contribution in [3.05, 3.63) is 59.7 Å². The summed E-state index contributed by atoms with van der Waals surface area (Å²) in [5.74, 6) is -0.390. The second-order valence-corrected chi connectivity index (χ2v) is 9.73. The van der Waals surface area contributed by atoms with Crippen molar-refractivity contribution < 1.29 is 31.5 Å². The van der Waals surface area contributed by atoms with Crippen LogP contribution < -0.4 is 5.32 Å². The Bertz CT molecular complexity index is 980. The minimum atomic E-state index is -4.83. The maximum Gasteiger partial charge on any atom is 0.421 e. The van der Waals surface area contributed by atoms with E-state index in [2.05, 4.69) is 5.32 Å². The summed E-state index contributed by atoms with van der Waals surface area (Å²) in [6, 6.07) is 10.7. The van der Waals surface area contributed by atoms with Crippen molar-refractivity contribution in [3.8, 4) is 0 Å². The van der Waals surface area contributed by atoms with Crippen molar-refractivity contribution in [1.29, 1.82) is 0 Å². The van der Waals surface area contributed by atoms with E-state index in [0.717, 1.165) is 12.1 Å². The third kappa shape index (κ3) is 5.82. The second kappa shape index (κ2) is 8.77. The van der Waals surface area contributed by atoms with Crippen LogP contribution >= 0.6 is 0 Å². The van der Waals surface area contributed by atoms with E-state index in [0.29, 0.717) is 12.5 Å². The molecule has 0 heterocycles. The van der Waals surface area contributed by atoms with Crippen LogP contribution in [0, 0.1) is 5.92 Å². The number of hydrogen-bond donors (Lipinski definition) is 2. The molecular weight excluding hydrogens is 419 g/mol. The molecule has 2 aromatic rings. The molecule has 2 rings (SSSR count). The second-order valence-electron chi connectivity index (χ2n) is 7.69. The van der Waals surface area contributed by atoms with Gasteiger partial charge in [-0.2, -0.15) is 13.2 Å². The molecule has 1 amide bonds. The minimum absolute atomic E-state index is 0.00771. The summed E-state index contributed by atoms with van der Waals surface area (Å²) >= 11 is 0.